The van der Waals surface area contributed by atoms with Gasteiger partial charge in [0.05, 0.1) is 17.5 Å². The Bertz CT molecular complexity index is 1190. The molecule has 0 aliphatic rings. The van der Waals surface area contributed by atoms with E-state index >= 15 is 0 Å². The second-order valence-electron chi connectivity index (χ2n) is 7.16. The minimum atomic E-state index is -4.03. The summed E-state index contributed by atoms with van der Waals surface area (Å²) in [5.41, 5.74) is 1.25. The first-order chi connectivity index (χ1) is 15.2. The van der Waals surface area contributed by atoms with Crippen LogP contribution in [0.5, 0.6) is 0 Å². The standard InChI is InChI=1S/C23H21Cl2FN2O3S/c1-16(17-6-10-20(26)11-7-17)27-23(29)15-28(14-18-4-2-3-5-22(18)25)32(30,31)21-12-8-19(24)9-13-21/h2-13,16H,14-15H2,1H3,(H,27,29)/t16-/m0/s1. The lowest BCUT2D eigenvalue weighted by Crippen LogP contribution is -2.41. The van der Waals surface area contributed by atoms with E-state index in [-0.39, 0.29) is 17.3 Å². The van der Waals surface area contributed by atoms with E-state index in [0.717, 1.165) is 4.31 Å². The summed E-state index contributed by atoms with van der Waals surface area (Å²) < 4.78 is 40.8. The molecule has 3 aromatic rings. The molecular weight excluding hydrogens is 474 g/mol. The van der Waals surface area contributed by atoms with Gasteiger partial charge in [0.2, 0.25) is 15.9 Å². The van der Waals surface area contributed by atoms with E-state index in [1.807, 2.05) is 0 Å². The van der Waals surface area contributed by atoms with E-state index in [9.17, 15) is 17.6 Å². The van der Waals surface area contributed by atoms with Gasteiger partial charge in [-0.3, -0.25) is 4.79 Å². The van der Waals surface area contributed by atoms with Crippen LogP contribution in [0.2, 0.25) is 10.0 Å². The normalized spacial score (nSPS) is 12.5. The maximum atomic E-state index is 13.3. The van der Waals surface area contributed by atoms with Gasteiger partial charge in [0.15, 0.2) is 0 Å². The summed E-state index contributed by atoms with van der Waals surface area (Å²) >= 11 is 12.1. The maximum absolute atomic E-state index is 13.3. The summed E-state index contributed by atoms with van der Waals surface area (Å²) in [5.74, 6) is -0.890. The first-order valence-corrected chi connectivity index (χ1v) is 11.9. The Balaban J connectivity index is 1.84. The lowest BCUT2D eigenvalue weighted by Gasteiger charge is -2.24. The number of carbonyl (C=O) groups is 1. The van der Waals surface area contributed by atoms with Crippen molar-refractivity contribution in [1.82, 2.24) is 9.62 Å². The Morgan fingerprint density at radius 1 is 1.00 bits per heavy atom. The minimum absolute atomic E-state index is 0.00772. The number of nitrogens with one attached hydrogen (secondary N) is 1. The molecule has 1 atom stereocenters. The van der Waals surface area contributed by atoms with Gasteiger partial charge in [-0.25, -0.2) is 12.8 Å². The summed E-state index contributed by atoms with van der Waals surface area (Å²) in [4.78, 5) is 12.8. The van der Waals surface area contributed by atoms with E-state index in [0.29, 0.717) is 21.2 Å². The third kappa shape index (κ3) is 6.07. The van der Waals surface area contributed by atoms with Gasteiger partial charge >= 0.3 is 0 Å². The predicted octanol–water partition coefficient (Wildman–Crippen LogP) is 5.20. The van der Waals surface area contributed by atoms with Crippen LogP contribution >= 0.6 is 23.2 Å². The quantitative estimate of drug-likeness (QED) is 0.467. The van der Waals surface area contributed by atoms with E-state index < -0.39 is 28.5 Å². The van der Waals surface area contributed by atoms with Crippen molar-refractivity contribution in [3.05, 3.63) is 99.8 Å². The number of benzene rings is 3. The van der Waals surface area contributed by atoms with Crippen LogP contribution in [0.1, 0.15) is 24.1 Å². The number of rotatable bonds is 8. The Morgan fingerprint density at radius 3 is 2.25 bits per heavy atom. The van der Waals surface area contributed by atoms with Crippen LogP contribution in [-0.4, -0.2) is 25.2 Å². The summed E-state index contributed by atoms with van der Waals surface area (Å²) in [5, 5.41) is 3.55. The molecule has 0 bridgehead atoms. The molecule has 0 aromatic heterocycles. The van der Waals surface area contributed by atoms with E-state index in [1.165, 1.54) is 36.4 Å². The van der Waals surface area contributed by atoms with Crippen LogP contribution in [0.25, 0.3) is 0 Å². The number of halogens is 3. The van der Waals surface area contributed by atoms with Crippen molar-refractivity contribution >= 4 is 39.1 Å². The Labute approximate surface area is 196 Å². The first kappa shape index (κ1) is 24.2. The smallest absolute Gasteiger partial charge is 0.243 e. The summed E-state index contributed by atoms with van der Waals surface area (Å²) in [6, 6.07) is 17.8. The third-order valence-corrected chi connectivity index (χ3v) is 7.25. The van der Waals surface area contributed by atoms with Crippen LogP contribution < -0.4 is 5.32 Å². The van der Waals surface area contributed by atoms with E-state index in [1.54, 1.807) is 43.3 Å². The minimum Gasteiger partial charge on any atom is -0.348 e. The second-order valence-corrected chi connectivity index (χ2v) is 9.94. The van der Waals surface area contributed by atoms with E-state index in [2.05, 4.69) is 5.32 Å². The average molecular weight is 495 g/mol. The number of hydrogen-bond acceptors (Lipinski definition) is 3. The van der Waals surface area contributed by atoms with Crippen molar-refractivity contribution < 1.29 is 17.6 Å². The predicted molar refractivity (Wildman–Crippen MR) is 123 cm³/mol. The Morgan fingerprint density at radius 2 is 1.62 bits per heavy atom. The zero-order chi connectivity index (χ0) is 23.3. The number of hydrogen-bond donors (Lipinski definition) is 1. The van der Waals surface area contributed by atoms with Crippen LogP contribution in [0.3, 0.4) is 0 Å². The van der Waals surface area contributed by atoms with Crippen LogP contribution in [-0.2, 0) is 21.4 Å². The molecule has 0 saturated carbocycles. The molecule has 0 unspecified atom stereocenters. The molecule has 0 fully saturated rings. The summed E-state index contributed by atoms with van der Waals surface area (Å²) in [6.45, 7) is 1.21. The summed E-state index contributed by atoms with van der Waals surface area (Å²) in [6.07, 6.45) is 0. The SMILES string of the molecule is C[C@H](NC(=O)CN(Cc1ccccc1Cl)S(=O)(=O)c1ccc(Cl)cc1)c1ccc(F)cc1. The molecule has 0 saturated heterocycles. The molecule has 168 valence electrons. The van der Waals surface area contributed by atoms with Crippen LogP contribution in [0.15, 0.2) is 77.7 Å². The highest BCUT2D eigenvalue weighted by atomic mass is 35.5. The van der Waals surface area contributed by atoms with Crippen molar-refractivity contribution in [2.24, 2.45) is 0 Å². The topological polar surface area (TPSA) is 66.5 Å². The van der Waals surface area contributed by atoms with Gasteiger partial charge in [0.25, 0.3) is 0 Å². The molecule has 1 amide bonds. The van der Waals surface area contributed by atoms with Crippen LogP contribution in [0, 0.1) is 5.82 Å². The monoisotopic (exact) mass is 494 g/mol. The lowest BCUT2D eigenvalue weighted by atomic mass is 10.1. The Hall–Kier alpha value is -2.45. The van der Waals surface area contributed by atoms with Crippen LogP contribution in [0.4, 0.5) is 4.39 Å². The highest BCUT2D eigenvalue weighted by Gasteiger charge is 2.28. The number of carbonyl (C=O) groups excluding carboxylic acids is 1. The molecule has 9 heteroatoms. The van der Waals surface area contributed by atoms with Crippen molar-refractivity contribution in [3.63, 3.8) is 0 Å². The number of nitrogens with zero attached hydrogens (tertiary/aromatic N) is 1. The van der Waals surface area contributed by atoms with Gasteiger partial charge in [0, 0.05) is 16.6 Å². The first-order valence-electron chi connectivity index (χ1n) is 9.71. The molecule has 0 aliphatic carbocycles. The third-order valence-electron chi connectivity index (χ3n) is 4.82. The fraction of sp³-hybridized carbons (Fsp3) is 0.174. The molecule has 0 aliphatic heterocycles. The Kier molecular flexibility index (Phi) is 7.90. The molecule has 3 aromatic carbocycles. The molecule has 0 radical (unpaired) electrons. The largest absolute Gasteiger partial charge is 0.348 e. The molecule has 3 rings (SSSR count). The van der Waals surface area contributed by atoms with Crippen molar-refractivity contribution in [1.29, 1.82) is 0 Å². The fourth-order valence-corrected chi connectivity index (χ4v) is 4.78. The summed E-state index contributed by atoms with van der Waals surface area (Å²) in [7, 11) is -4.03. The van der Waals surface area contributed by atoms with Gasteiger partial charge in [-0.15, -0.1) is 0 Å². The van der Waals surface area contributed by atoms with Crippen molar-refractivity contribution in [2.75, 3.05) is 6.54 Å². The number of sulfonamides is 1. The average Bonchev–Trinajstić information content (AvgIpc) is 2.75. The zero-order valence-corrected chi connectivity index (χ0v) is 19.5. The van der Waals surface area contributed by atoms with Gasteiger partial charge in [-0.05, 0) is 60.5 Å². The van der Waals surface area contributed by atoms with Crippen molar-refractivity contribution in [2.45, 2.75) is 24.4 Å². The molecule has 0 spiro atoms. The fourth-order valence-electron chi connectivity index (χ4n) is 3.08. The highest BCUT2D eigenvalue weighted by Crippen LogP contribution is 2.23. The van der Waals surface area contributed by atoms with Crippen molar-refractivity contribution in [3.8, 4) is 0 Å². The lowest BCUT2D eigenvalue weighted by molar-refractivity contribution is -0.122. The van der Waals surface area contributed by atoms with Gasteiger partial charge in [-0.1, -0.05) is 53.5 Å². The van der Waals surface area contributed by atoms with E-state index in [4.69, 9.17) is 23.2 Å². The molecule has 1 N–H and O–H groups in total. The molecule has 32 heavy (non-hydrogen) atoms. The van der Waals surface area contributed by atoms with Gasteiger partial charge in [0.1, 0.15) is 5.82 Å². The molecular formula is C23H21Cl2FN2O3S. The molecule has 0 heterocycles. The molecule has 5 nitrogen and oxygen atoms in total. The second kappa shape index (κ2) is 10.4. The van der Waals surface area contributed by atoms with Gasteiger partial charge < -0.3 is 5.32 Å². The van der Waals surface area contributed by atoms with Gasteiger partial charge in [-0.2, -0.15) is 4.31 Å². The highest BCUT2D eigenvalue weighted by molar-refractivity contribution is 7.89. The number of amides is 1. The maximum Gasteiger partial charge on any atom is 0.243 e. The zero-order valence-electron chi connectivity index (χ0n) is 17.1.